The Bertz CT molecular complexity index is 538. The minimum absolute atomic E-state index is 0.226. The molecule has 0 aromatic heterocycles. The molecule has 0 N–H and O–H groups in total. The average molecular weight is 463 g/mol. The zero-order valence-corrected chi connectivity index (χ0v) is 23.5. The summed E-state index contributed by atoms with van der Waals surface area (Å²) in [5, 5.41) is 0. The number of likely N-dealkylation sites (tertiary alicyclic amines) is 1. The van der Waals surface area contributed by atoms with Gasteiger partial charge in [-0.1, -0.05) is 78.1 Å². The Morgan fingerprint density at radius 1 is 0.727 bits per heavy atom. The Morgan fingerprint density at radius 2 is 1.21 bits per heavy atom. The van der Waals surface area contributed by atoms with Gasteiger partial charge in [-0.3, -0.25) is 14.8 Å². The van der Waals surface area contributed by atoms with Gasteiger partial charge in [-0.2, -0.15) is 0 Å². The zero-order valence-electron chi connectivity index (χ0n) is 23.5. The van der Waals surface area contributed by atoms with Crippen LogP contribution in [0, 0.1) is 5.92 Å². The van der Waals surface area contributed by atoms with Gasteiger partial charge in [0.05, 0.1) is 13.0 Å². The molecular formula is C29H58N4. The number of hydrogen-bond donors (Lipinski definition) is 0. The lowest BCUT2D eigenvalue weighted by molar-refractivity contribution is -0.0580. The molecule has 0 amide bonds. The van der Waals surface area contributed by atoms with Crippen LogP contribution < -0.4 is 0 Å². The van der Waals surface area contributed by atoms with Crippen LogP contribution in [0.4, 0.5) is 0 Å². The molecule has 194 valence electrons. The molecule has 33 heavy (non-hydrogen) atoms. The third kappa shape index (κ3) is 9.17. The van der Waals surface area contributed by atoms with Crippen molar-refractivity contribution >= 4 is 6.34 Å². The van der Waals surface area contributed by atoms with E-state index in [0.717, 1.165) is 6.67 Å². The first-order valence-corrected chi connectivity index (χ1v) is 14.5. The van der Waals surface area contributed by atoms with E-state index in [1.807, 2.05) is 0 Å². The standard InChI is InChI=1S/C29H58N4/c1-8-10-12-14-16-18-20-32-24-30-27(33(25-32)21-19-17-15-13-11-9-2)26-22-28(3,4)31(7)29(5,6)23-26/h24,26-27H,8-23,25H2,1-7H3. The topological polar surface area (TPSA) is 22.1 Å². The molecule has 4 nitrogen and oxygen atoms in total. The second kappa shape index (κ2) is 14.1. The number of hydrogen-bond acceptors (Lipinski definition) is 4. The molecule has 1 unspecified atom stereocenters. The van der Waals surface area contributed by atoms with Crippen molar-refractivity contribution in [3.05, 3.63) is 0 Å². The van der Waals surface area contributed by atoms with E-state index in [0.29, 0.717) is 12.1 Å². The number of piperidine rings is 1. The number of nitrogens with zero attached hydrogens (tertiary/aromatic N) is 4. The maximum Gasteiger partial charge on any atom is 0.108 e. The van der Waals surface area contributed by atoms with E-state index in [4.69, 9.17) is 4.99 Å². The highest BCUT2D eigenvalue weighted by Gasteiger charge is 2.46. The molecule has 1 saturated heterocycles. The molecule has 0 spiro atoms. The van der Waals surface area contributed by atoms with Crippen molar-refractivity contribution in [3.8, 4) is 0 Å². The van der Waals surface area contributed by atoms with E-state index in [9.17, 15) is 0 Å². The molecule has 2 heterocycles. The Kier molecular flexibility index (Phi) is 12.2. The van der Waals surface area contributed by atoms with E-state index >= 15 is 0 Å². The van der Waals surface area contributed by atoms with Gasteiger partial charge in [-0.25, -0.2) is 0 Å². The molecule has 2 rings (SSSR count). The van der Waals surface area contributed by atoms with Crippen molar-refractivity contribution in [2.75, 3.05) is 26.8 Å². The van der Waals surface area contributed by atoms with E-state index in [2.05, 4.69) is 69.6 Å². The third-order valence-electron chi connectivity index (χ3n) is 8.48. The highest BCUT2D eigenvalue weighted by molar-refractivity contribution is 5.56. The minimum atomic E-state index is 0.226. The predicted octanol–water partition coefficient (Wildman–Crippen LogP) is 7.54. The largest absolute Gasteiger partial charge is 0.350 e. The molecule has 2 aliphatic heterocycles. The van der Waals surface area contributed by atoms with Crippen LogP contribution in [0.2, 0.25) is 0 Å². The second-order valence-corrected chi connectivity index (χ2v) is 12.3. The fourth-order valence-corrected chi connectivity index (χ4v) is 6.21. The first kappa shape index (κ1) is 28.6. The Labute approximate surface area is 207 Å². The van der Waals surface area contributed by atoms with Crippen LogP contribution in [0.15, 0.2) is 4.99 Å². The van der Waals surface area contributed by atoms with Crippen molar-refractivity contribution < 1.29 is 0 Å². The van der Waals surface area contributed by atoms with Crippen LogP contribution in [0.3, 0.4) is 0 Å². The van der Waals surface area contributed by atoms with Crippen LogP contribution in [-0.2, 0) is 0 Å². The van der Waals surface area contributed by atoms with Gasteiger partial charge >= 0.3 is 0 Å². The lowest BCUT2D eigenvalue weighted by Crippen LogP contribution is -2.62. The molecule has 0 saturated carbocycles. The van der Waals surface area contributed by atoms with Gasteiger partial charge in [-0.15, -0.1) is 0 Å². The molecule has 1 atom stereocenters. The fraction of sp³-hybridized carbons (Fsp3) is 0.966. The minimum Gasteiger partial charge on any atom is -0.350 e. The molecule has 0 aromatic carbocycles. The highest BCUT2D eigenvalue weighted by Crippen LogP contribution is 2.43. The second-order valence-electron chi connectivity index (χ2n) is 12.3. The molecule has 4 heteroatoms. The van der Waals surface area contributed by atoms with Gasteiger partial charge in [0.15, 0.2) is 0 Å². The predicted molar refractivity (Wildman–Crippen MR) is 146 cm³/mol. The van der Waals surface area contributed by atoms with Gasteiger partial charge in [0.25, 0.3) is 0 Å². The first-order chi connectivity index (χ1) is 15.7. The summed E-state index contributed by atoms with van der Waals surface area (Å²) in [4.78, 5) is 13.1. The van der Waals surface area contributed by atoms with Gasteiger partial charge in [0, 0.05) is 24.2 Å². The molecule has 2 aliphatic rings. The molecular weight excluding hydrogens is 404 g/mol. The lowest BCUT2D eigenvalue weighted by atomic mass is 9.72. The monoisotopic (exact) mass is 462 g/mol. The number of aliphatic imine (C=N–C) groups is 1. The maximum atomic E-state index is 5.24. The van der Waals surface area contributed by atoms with Gasteiger partial charge in [0.2, 0.25) is 0 Å². The summed E-state index contributed by atoms with van der Waals surface area (Å²) in [6.07, 6.45) is 21.4. The summed E-state index contributed by atoms with van der Waals surface area (Å²) in [6, 6.07) is 0. The highest BCUT2D eigenvalue weighted by atomic mass is 15.4. The Hall–Kier alpha value is -0.610. The van der Waals surface area contributed by atoms with Gasteiger partial charge < -0.3 is 4.90 Å². The van der Waals surface area contributed by atoms with Crippen molar-refractivity contribution in [3.63, 3.8) is 0 Å². The average Bonchev–Trinajstić information content (AvgIpc) is 2.76. The summed E-state index contributed by atoms with van der Waals surface area (Å²) in [5.41, 5.74) is 0.451. The van der Waals surface area contributed by atoms with Crippen LogP contribution in [0.25, 0.3) is 0 Å². The smallest absolute Gasteiger partial charge is 0.108 e. The lowest BCUT2D eigenvalue weighted by Gasteiger charge is -2.56. The van der Waals surface area contributed by atoms with Gasteiger partial charge in [0.1, 0.15) is 6.17 Å². The van der Waals surface area contributed by atoms with Crippen LogP contribution in [0.1, 0.15) is 131 Å². The zero-order chi connectivity index (χ0) is 24.3. The van der Waals surface area contributed by atoms with Crippen LogP contribution in [-0.4, -0.2) is 65.1 Å². The van der Waals surface area contributed by atoms with Crippen molar-refractivity contribution in [2.24, 2.45) is 10.9 Å². The maximum absolute atomic E-state index is 5.24. The summed E-state index contributed by atoms with van der Waals surface area (Å²) < 4.78 is 0. The Balaban J connectivity index is 1.97. The molecule has 0 bridgehead atoms. The van der Waals surface area contributed by atoms with Gasteiger partial charge in [-0.05, 0) is 66.3 Å². The van der Waals surface area contributed by atoms with E-state index in [1.165, 1.54) is 103 Å². The summed E-state index contributed by atoms with van der Waals surface area (Å²) in [5.74, 6) is 0.638. The van der Waals surface area contributed by atoms with Crippen LogP contribution >= 0.6 is 0 Å². The SMILES string of the molecule is CCCCCCCCN1C=NC(C2CC(C)(C)N(C)C(C)(C)C2)N(CCCCCCCC)C1. The van der Waals surface area contributed by atoms with Crippen molar-refractivity contribution in [2.45, 2.75) is 149 Å². The normalized spacial score (nSPS) is 24.0. The van der Waals surface area contributed by atoms with E-state index in [1.54, 1.807) is 0 Å². The van der Waals surface area contributed by atoms with Crippen molar-refractivity contribution in [1.82, 2.24) is 14.7 Å². The number of rotatable bonds is 15. The third-order valence-corrected chi connectivity index (χ3v) is 8.48. The Morgan fingerprint density at radius 3 is 1.76 bits per heavy atom. The van der Waals surface area contributed by atoms with E-state index in [-0.39, 0.29) is 11.1 Å². The number of unbranched alkanes of at least 4 members (excludes halogenated alkanes) is 10. The molecule has 1 fully saturated rings. The van der Waals surface area contributed by atoms with E-state index < -0.39 is 0 Å². The van der Waals surface area contributed by atoms with Crippen LogP contribution in [0.5, 0.6) is 0 Å². The molecule has 0 radical (unpaired) electrons. The summed E-state index contributed by atoms with van der Waals surface area (Å²) in [6.45, 7) is 17.8. The molecule has 0 aromatic rings. The molecule has 0 aliphatic carbocycles. The first-order valence-electron chi connectivity index (χ1n) is 14.5. The summed E-state index contributed by atoms with van der Waals surface area (Å²) in [7, 11) is 2.32. The summed E-state index contributed by atoms with van der Waals surface area (Å²) >= 11 is 0. The van der Waals surface area contributed by atoms with Crippen molar-refractivity contribution in [1.29, 1.82) is 0 Å². The quantitative estimate of drug-likeness (QED) is 0.235. The fourth-order valence-electron chi connectivity index (χ4n) is 6.21.